The zero-order chi connectivity index (χ0) is 22.4. The Kier molecular flexibility index (Phi) is 4.26. The van der Waals surface area contributed by atoms with E-state index in [1.54, 1.807) is 0 Å². The van der Waals surface area contributed by atoms with E-state index in [2.05, 4.69) is 24.1 Å². The molecule has 5 atom stereocenters. The van der Waals surface area contributed by atoms with Crippen LogP contribution in [0.25, 0.3) is 11.0 Å². The first-order valence-electron chi connectivity index (χ1n) is 11.7. The number of piperazine rings is 1. The Balaban J connectivity index is 1.46. The zero-order valence-corrected chi connectivity index (χ0v) is 18.5. The van der Waals surface area contributed by atoms with Gasteiger partial charge >= 0.3 is 5.97 Å². The van der Waals surface area contributed by atoms with Crippen LogP contribution in [0.1, 0.15) is 49.9 Å². The van der Waals surface area contributed by atoms with Crippen molar-refractivity contribution >= 4 is 22.8 Å². The van der Waals surface area contributed by atoms with Gasteiger partial charge in [-0.05, 0) is 54.9 Å². The van der Waals surface area contributed by atoms with Crippen LogP contribution in [0, 0.1) is 29.0 Å². The molecule has 32 heavy (non-hydrogen) atoms. The van der Waals surface area contributed by atoms with Crippen molar-refractivity contribution in [3.63, 3.8) is 0 Å². The summed E-state index contributed by atoms with van der Waals surface area (Å²) in [5.74, 6) is 0.161. The first kappa shape index (κ1) is 20.1. The molecular formula is C24H29FN4O3. The molecule has 0 amide bonds. The molecule has 0 aromatic carbocycles. The summed E-state index contributed by atoms with van der Waals surface area (Å²) < 4.78 is 17.0. The van der Waals surface area contributed by atoms with Crippen LogP contribution in [0.4, 0.5) is 10.2 Å². The Morgan fingerprint density at radius 2 is 2.16 bits per heavy atom. The van der Waals surface area contributed by atoms with E-state index in [-0.39, 0.29) is 22.8 Å². The molecule has 2 aromatic rings. The number of anilines is 1. The molecule has 4 bridgehead atoms. The van der Waals surface area contributed by atoms with Crippen LogP contribution in [0.2, 0.25) is 0 Å². The number of nitrogens with zero attached hydrogens (tertiary/aromatic N) is 3. The normalized spacial score (nSPS) is 32.3. The molecule has 2 aliphatic heterocycles. The molecule has 8 heteroatoms. The molecule has 7 nitrogen and oxygen atoms in total. The molecule has 7 rings (SSSR count). The highest BCUT2D eigenvalue weighted by atomic mass is 19.1. The van der Waals surface area contributed by atoms with Crippen LogP contribution in [0.3, 0.4) is 0 Å². The zero-order valence-electron chi connectivity index (χ0n) is 18.5. The number of carboxylic acids is 1. The maximum absolute atomic E-state index is 15.1. The fourth-order valence-electron chi connectivity index (χ4n) is 7.02. The fourth-order valence-corrected chi connectivity index (χ4v) is 7.02. The Morgan fingerprint density at radius 1 is 1.34 bits per heavy atom. The summed E-state index contributed by atoms with van der Waals surface area (Å²) in [6.45, 7) is 6.74. The highest BCUT2D eigenvalue weighted by Gasteiger charge is 2.54. The average Bonchev–Trinajstić information content (AvgIpc) is 3.39. The predicted octanol–water partition coefficient (Wildman–Crippen LogP) is 2.86. The summed E-state index contributed by atoms with van der Waals surface area (Å²) in [5.41, 5.74) is -0.303. The van der Waals surface area contributed by atoms with E-state index in [9.17, 15) is 14.7 Å². The van der Waals surface area contributed by atoms with E-state index >= 15 is 4.39 Å². The third-order valence-electron chi connectivity index (χ3n) is 8.98. The molecule has 2 aromatic heterocycles. The lowest BCUT2D eigenvalue weighted by Crippen LogP contribution is -2.53. The van der Waals surface area contributed by atoms with Gasteiger partial charge in [0.05, 0.1) is 5.39 Å². The minimum absolute atomic E-state index is 0.0511. The van der Waals surface area contributed by atoms with Gasteiger partial charge in [0.25, 0.3) is 0 Å². The molecule has 2 N–H and O–H groups in total. The van der Waals surface area contributed by atoms with Gasteiger partial charge in [-0.15, -0.1) is 0 Å². The summed E-state index contributed by atoms with van der Waals surface area (Å²) in [5, 5.41) is 13.1. The topological polar surface area (TPSA) is 87.5 Å². The van der Waals surface area contributed by atoms with Crippen molar-refractivity contribution in [1.29, 1.82) is 0 Å². The molecule has 0 spiro atoms. The number of pyridine rings is 2. The van der Waals surface area contributed by atoms with Crippen LogP contribution >= 0.6 is 0 Å². The van der Waals surface area contributed by atoms with E-state index in [0.717, 1.165) is 25.3 Å². The summed E-state index contributed by atoms with van der Waals surface area (Å²) in [6, 6.07) is 1.74. The second kappa shape index (κ2) is 6.76. The molecule has 0 radical (unpaired) electrons. The number of halogens is 1. The number of hydrogen-bond acceptors (Lipinski definition) is 5. The lowest BCUT2D eigenvalue weighted by Gasteiger charge is -2.60. The molecule has 5 fully saturated rings. The SMILES string of the molecule is CC1(C)[C@H]2CC[C@@H](Cn3cc(C(=O)O)c(=O)c4cc(F)c(N5C[C@@H]6C[C@H]5CN6)nc43)[C@@H]1C2. The second-order valence-corrected chi connectivity index (χ2v) is 10.8. The van der Waals surface area contributed by atoms with E-state index in [0.29, 0.717) is 42.0 Å². The largest absolute Gasteiger partial charge is 0.477 e. The van der Waals surface area contributed by atoms with Crippen molar-refractivity contribution in [2.75, 3.05) is 18.0 Å². The number of rotatable bonds is 4. The lowest BCUT2D eigenvalue weighted by molar-refractivity contribution is -0.108. The molecule has 2 saturated heterocycles. The number of aromatic carboxylic acids is 1. The molecule has 4 heterocycles. The molecule has 3 saturated carbocycles. The van der Waals surface area contributed by atoms with Crippen molar-refractivity contribution in [3.05, 3.63) is 33.9 Å². The third-order valence-corrected chi connectivity index (χ3v) is 8.98. The Hall–Kier alpha value is -2.48. The van der Waals surface area contributed by atoms with Gasteiger partial charge in [0.15, 0.2) is 11.6 Å². The maximum Gasteiger partial charge on any atom is 0.341 e. The van der Waals surface area contributed by atoms with Crippen molar-refractivity contribution in [3.8, 4) is 0 Å². The minimum atomic E-state index is -1.29. The summed E-state index contributed by atoms with van der Waals surface area (Å²) >= 11 is 0. The van der Waals surface area contributed by atoms with E-state index in [4.69, 9.17) is 0 Å². The van der Waals surface area contributed by atoms with Gasteiger partial charge in [0.1, 0.15) is 11.2 Å². The number of nitrogens with one attached hydrogen (secondary N) is 1. The van der Waals surface area contributed by atoms with Crippen LogP contribution < -0.4 is 15.6 Å². The maximum atomic E-state index is 15.1. The van der Waals surface area contributed by atoms with Crippen molar-refractivity contribution in [2.24, 2.45) is 23.2 Å². The van der Waals surface area contributed by atoms with E-state index in [1.807, 2.05) is 9.47 Å². The van der Waals surface area contributed by atoms with Gasteiger partial charge in [0.2, 0.25) is 5.43 Å². The van der Waals surface area contributed by atoms with Gasteiger partial charge < -0.3 is 19.9 Å². The van der Waals surface area contributed by atoms with Gasteiger partial charge in [-0.2, -0.15) is 0 Å². The average molecular weight is 441 g/mol. The number of fused-ring (bicyclic) bond motifs is 5. The van der Waals surface area contributed by atoms with Crippen LogP contribution in [0.15, 0.2) is 17.1 Å². The highest BCUT2D eigenvalue weighted by molar-refractivity contribution is 5.92. The molecule has 5 aliphatic rings. The first-order chi connectivity index (χ1) is 15.2. The number of hydrogen-bond donors (Lipinski definition) is 2. The number of carbonyl (C=O) groups is 1. The van der Waals surface area contributed by atoms with E-state index < -0.39 is 17.2 Å². The lowest BCUT2D eigenvalue weighted by atomic mass is 9.45. The Bertz CT molecular complexity index is 1190. The smallest absolute Gasteiger partial charge is 0.341 e. The fraction of sp³-hybridized carbons (Fsp3) is 0.625. The number of carboxylic acid groups (broad SMARTS) is 1. The second-order valence-electron chi connectivity index (χ2n) is 10.8. The molecule has 0 unspecified atom stereocenters. The Labute approximate surface area is 185 Å². The standard InChI is InChI=1S/C24H29FN4O3/c1-24(2)13-4-3-12(18(24)5-13)9-28-11-17(23(31)32)20(30)16-7-19(25)22(27-21(16)28)29-10-14-6-15(29)8-26-14/h7,11-15,18,26H,3-6,8-10H2,1-2H3,(H,31,32)/t12-,13-,14-,15-,18-/m0/s1. The molecule has 3 aliphatic carbocycles. The first-order valence-corrected chi connectivity index (χ1v) is 11.7. The van der Waals surface area contributed by atoms with E-state index in [1.165, 1.54) is 25.1 Å². The summed E-state index contributed by atoms with van der Waals surface area (Å²) in [6.07, 6.45) is 5.86. The summed E-state index contributed by atoms with van der Waals surface area (Å²) in [7, 11) is 0. The van der Waals surface area contributed by atoms with Gasteiger partial charge in [-0.1, -0.05) is 13.8 Å². The predicted molar refractivity (Wildman–Crippen MR) is 119 cm³/mol. The molecule has 170 valence electrons. The van der Waals surface area contributed by atoms with Gasteiger partial charge in [-0.25, -0.2) is 14.2 Å². The van der Waals surface area contributed by atoms with Gasteiger partial charge in [-0.3, -0.25) is 4.79 Å². The van der Waals surface area contributed by atoms with Crippen molar-refractivity contribution in [2.45, 2.75) is 58.2 Å². The summed E-state index contributed by atoms with van der Waals surface area (Å²) in [4.78, 5) is 31.3. The number of aromatic nitrogens is 2. The monoisotopic (exact) mass is 440 g/mol. The van der Waals surface area contributed by atoms with Crippen molar-refractivity contribution < 1.29 is 14.3 Å². The third kappa shape index (κ3) is 2.77. The van der Waals surface area contributed by atoms with Crippen LogP contribution in [-0.2, 0) is 6.54 Å². The Morgan fingerprint density at radius 3 is 2.78 bits per heavy atom. The highest BCUT2D eigenvalue weighted by Crippen LogP contribution is 2.61. The van der Waals surface area contributed by atoms with Crippen molar-refractivity contribution in [1.82, 2.24) is 14.9 Å². The van der Waals surface area contributed by atoms with Crippen LogP contribution in [-0.4, -0.2) is 45.8 Å². The van der Waals surface area contributed by atoms with Gasteiger partial charge in [0, 0.05) is 37.9 Å². The van der Waals surface area contributed by atoms with Crippen LogP contribution in [0.5, 0.6) is 0 Å². The quantitative estimate of drug-likeness (QED) is 0.760. The minimum Gasteiger partial charge on any atom is -0.477 e. The molecular weight excluding hydrogens is 411 g/mol.